The summed E-state index contributed by atoms with van der Waals surface area (Å²) in [5.74, 6) is 3.18. The Morgan fingerprint density at radius 1 is 0.542 bits per heavy atom. The Bertz CT molecular complexity index is 697. The molecule has 0 amide bonds. The molecule has 2 aromatic rings. The molecule has 2 rings (SSSR count). The number of ether oxygens (including phenoxy) is 5. The summed E-state index contributed by atoms with van der Waals surface area (Å²) in [5, 5.41) is 0. The monoisotopic (exact) mass is 330 g/mol. The highest BCUT2D eigenvalue weighted by Gasteiger charge is 2.12. The molecular weight excluding hydrogens is 308 g/mol. The Balaban J connectivity index is 2.35. The maximum Gasteiger partial charge on any atom is 0.203 e. The summed E-state index contributed by atoms with van der Waals surface area (Å²) in [6.45, 7) is 0. The van der Waals surface area contributed by atoms with E-state index in [1.54, 1.807) is 35.5 Å². The van der Waals surface area contributed by atoms with E-state index in [0.29, 0.717) is 28.7 Å². The van der Waals surface area contributed by atoms with E-state index in [0.717, 1.165) is 11.1 Å². The van der Waals surface area contributed by atoms with Gasteiger partial charge < -0.3 is 23.7 Å². The van der Waals surface area contributed by atoms with E-state index in [2.05, 4.69) is 0 Å². The lowest BCUT2D eigenvalue weighted by molar-refractivity contribution is 0.324. The van der Waals surface area contributed by atoms with Crippen LogP contribution in [0.1, 0.15) is 11.1 Å². The molecule has 0 aromatic heterocycles. The molecule has 0 fully saturated rings. The van der Waals surface area contributed by atoms with Crippen molar-refractivity contribution in [3.63, 3.8) is 0 Å². The van der Waals surface area contributed by atoms with Crippen molar-refractivity contribution in [1.29, 1.82) is 0 Å². The SMILES string of the molecule is COc1ccc(/C=C/c2cc(OC)c(OC)c(OC)c2)cc1OC. The second kappa shape index (κ2) is 8.15. The van der Waals surface area contributed by atoms with Crippen molar-refractivity contribution in [3.8, 4) is 28.7 Å². The number of hydrogen-bond donors (Lipinski definition) is 0. The van der Waals surface area contributed by atoms with Crippen molar-refractivity contribution >= 4 is 12.2 Å². The highest BCUT2D eigenvalue weighted by Crippen LogP contribution is 2.38. The first-order chi connectivity index (χ1) is 11.7. The third-order valence-corrected chi connectivity index (χ3v) is 3.56. The second-order valence-electron chi connectivity index (χ2n) is 4.91. The molecule has 0 unspecified atom stereocenters. The Kier molecular flexibility index (Phi) is 5.95. The minimum Gasteiger partial charge on any atom is -0.493 e. The quantitative estimate of drug-likeness (QED) is 0.721. The average Bonchev–Trinajstić information content (AvgIpc) is 2.64. The van der Waals surface area contributed by atoms with Gasteiger partial charge in [0.05, 0.1) is 35.5 Å². The molecule has 0 N–H and O–H groups in total. The van der Waals surface area contributed by atoms with Crippen LogP contribution >= 0.6 is 0 Å². The topological polar surface area (TPSA) is 46.2 Å². The van der Waals surface area contributed by atoms with Crippen LogP contribution in [0.4, 0.5) is 0 Å². The minimum atomic E-state index is 0.572. The Morgan fingerprint density at radius 2 is 1.04 bits per heavy atom. The van der Waals surface area contributed by atoms with E-state index in [9.17, 15) is 0 Å². The summed E-state index contributed by atoms with van der Waals surface area (Å²) in [6, 6.07) is 9.51. The Labute approximate surface area is 142 Å². The molecule has 0 spiro atoms. The summed E-state index contributed by atoms with van der Waals surface area (Å²) in [7, 11) is 8.01. The normalized spacial score (nSPS) is 10.5. The van der Waals surface area contributed by atoms with Crippen molar-refractivity contribution in [3.05, 3.63) is 41.5 Å². The molecule has 24 heavy (non-hydrogen) atoms. The first-order valence-corrected chi connectivity index (χ1v) is 7.37. The maximum absolute atomic E-state index is 5.36. The van der Waals surface area contributed by atoms with Gasteiger partial charge >= 0.3 is 0 Å². The number of benzene rings is 2. The standard InChI is InChI=1S/C19H22O5/c1-20-15-9-8-13(10-16(15)21-2)6-7-14-11-17(22-3)19(24-5)18(12-14)23-4/h6-12H,1-5H3/b7-6+. The molecule has 0 aliphatic rings. The third-order valence-electron chi connectivity index (χ3n) is 3.56. The van der Waals surface area contributed by atoms with Gasteiger partial charge in [-0.25, -0.2) is 0 Å². The van der Waals surface area contributed by atoms with Gasteiger partial charge in [0.2, 0.25) is 5.75 Å². The highest BCUT2D eigenvalue weighted by molar-refractivity contribution is 5.73. The predicted octanol–water partition coefficient (Wildman–Crippen LogP) is 3.90. The first-order valence-electron chi connectivity index (χ1n) is 7.37. The predicted molar refractivity (Wildman–Crippen MR) is 94.6 cm³/mol. The van der Waals surface area contributed by atoms with E-state index < -0.39 is 0 Å². The van der Waals surface area contributed by atoms with Crippen LogP contribution in [0.2, 0.25) is 0 Å². The van der Waals surface area contributed by atoms with Gasteiger partial charge in [0.25, 0.3) is 0 Å². The maximum atomic E-state index is 5.36. The van der Waals surface area contributed by atoms with Crippen LogP contribution in [0.3, 0.4) is 0 Å². The van der Waals surface area contributed by atoms with Gasteiger partial charge in [-0.2, -0.15) is 0 Å². The fourth-order valence-electron chi connectivity index (χ4n) is 2.35. The van der Waals surface area contributed by atoms with Crippen molar-refractivity contribution < 1.29 is 23.7 Å². The molecule has 0 radical (unpaired) electrons. The first kappa shape index (κ1) is 17.5. The molecule has 0 atom stereocenters. The van der Waals surface area contributed by atoms with Crippen LogP contribution in [-0.2, 0) is 0 Å². The van der Waals surface area contributed by atoms with E-state index in [1.807, 2.05) is 42.5 Å². The second-order valence-corrected chi connectivity index (χ2v) is 4.91. The minimum absolute atomic E-state index is 0.572. The molecule has 2 aromatic carbocycles. The molecule has 5 heteroatoms. The van der Waals surface area contributed by atoms with E-state index in [4.69, 9.17) is 23.7 Å². The van der Waals surface area contributed by atoms with Crippen molar-refractivity contribution in [1.82, 2.24) is 0 Å². The molecule has 0 saturated carbocycles. The van der Waals surface area contributed by atoms with Crippen molar-refractivity contribution in [2.75, 3.05) is 35.5 Å². The molecule has 0 heterocycles. The van der Waals surface area contributed by atoms with Crippen LogP contribution in [0.25, 0.3) is 12.2 Å². The average molecular weight is 330 g/mol. The largest absolute Gasteiger partial charge is 0.493 e. The Morgan fingerprint density at radius 3 is 1.54 bits per heavy atom. The summed E-state index contributed by atoms with van der Waals surface area (Å²) in [6.07, 6.45) is 3.94. The van der Waals surface area contributed by atoms with Gasteiger partial charge in [0, 0.05) is 0 Å². The zero-order valence-electron chi connectivity index (χ0n) is 14.6. The third kappa shape index (κ3) is 3.74. The van der Waals surface area contributed by atoms with Gasteiger partial charge in [-0.15, -0.1) is 0 Å². The number of hydrogen-bond acceptors (Lipinski definition) is 5. The molecule has 5 nitrogen and oxygen atoms in total. The van der Waals surface area contributed by atoms with E-state index >= 15 is 0 Å². The lowest BCUT2D eigenvalue weighted by Crippen LogP contribution is -1.95. The summed E-state index contributed by atoms with van der Waals surface area (Å²) < 4.78 is 26.6. The van der Waals surface area contributed by atoms with Crippen molar-refractivity contribution in [2.24, 2.45) is 0 Å². The molecule has 128 valence electrons. The molecule has 0 aliphatic heterocycles. The van der Waals surface area contributed by atoms with Gasteiger partial charge in [0.15, 0.2) is 23.0 Å². The van der Waals surface area contributed by atoms with Crippen LogP contribution in [0.5, 0.6) is 28.7 Å². The lowest BCUT2D eigenvalue weighted by Gasteiger charge is -2.13. The molecule has 0 aliphatic carbocycles. The van der Waals surface area contributed by atoms with E-state index in [-0.39, 0.29) is 0 Å². The molecular formula is C19H22O5. The number of rotatable bonds is 7. The van der Waals surface area contributed by atoms with Crippen LogP contribution in [0, 0.1) is 0 Å². The lowest BCUT2D eigenvalue weighted by atomic mass is 10.1. The summed E-state index contributed by atoms with van der Waals surface area (Å²) >= 11 is 0. The zero-order chi connectivity index (χ0) is 17.5. The number of methoxy groups -OCH3 is 5. The van der Waals surface area contributed by atoms with Gasteiger partial charge in [-0.05, 0) is 35.4 Å². The fraction of sp³-hybridized carbons (Fsp3) is 0.263. The van der Waals surface area contributed by atoms with Gasteiger partial charge in [-0.3, -0.25) is 0 Å². The van der Waals surface area contributed by atoms with Gasteiger partial charge in [0.1, 0.15) is 0 Å². The highest BCUT2D eigenvalue weighted by atomic mass is 16.5. The summed E-state index contributed by atoms with van der Waals surface area (Å²) in [4.78, 5) is 0. The van der Waals surface area contributed by atoms with Crippen LogP contribution in [-0.4, -0.2) is 35.5 Å². The zero-order valence-corrected chi connectivity index (χ0v) is 14.6. The van der Waals surface area contributed by atoms with Crippen LogP contribution in [0.15, 0.2) is 30.3 Å². The van der Waals surface area contributed by atoms with Gasteiger partial charge in [-0.1, -0.05) is 18.2 Å². The summed E-state index contributed by atoms with van der Waals surface area (Å²) in [5.41, 5.74) is 1.92. The van der Waals surface area contributed by atoms with Crippen molar-refractivity contribution in [2.45, 2.75) is 0 Å². The molecule has 0 bridgehead atoms. The Hall–Kier alpha value is -2.82. The van der Waals surface area contributed by atoms with E-state index in [1.165, 1.54) is 0 Å². The smallest absolute Gasteiger partial charge is 0.203 e. The fourth-order valence-corrected chi connectivity index (χ4v) is 2.35. The molecule has 0 saturated heterocycles. The van der Waals surface area contributed by atoms with Crippen LogP contribution < -0.4 is 23.7 Å².